The lowest BCUT2D eigenvalue weighted by atomic mass is 10.0. The van der Waals surface area contributed by atoms with Gasteiger partial charge in [0, 0.05) is 19.3 Å². The largest absolute Gasteiger partial charge is 0.462 e. The van der Waals surface area contributed by atoms with Crippen LogP contribution < -0.4 is 0 Å². The fraction of sp³-hybridized carbons (Fsp3) is 0.930. The highest BCUT2D eigenvalue weighted by Crippen LogP contribution is 2.15. The van der Waals surface area contributed by atoms with Gasteiger partial charge in [-0.15, -0.1) is 0 Å². The van der Waals surface area contributed by atoms with Crippen LogP contribution in [-0.2, 0) is 28.6 Å². The number of unbranched alkanes of at least 4 members (excludes halogenated alkanes) is 25. The van der Waals surface area contributed by atoms with E-state index in [9.17, 15) is 14.4 Å². The highest BCUT2D eigenvalue weighted by atomic mass is 16.6. The monoisotopic (exact) mass is 695 g/mol. The van der Waals surface area contributed by atoms with Gasteiger partial charge in [0.2, 0.25) is 0 Å². The molecule has 1 atom stereocenters. The molecule has 0 fully saturated rings. The molecule has 49 heavy (non-hydrogen) atoms. The first-order valence-electron chi connectivity index (χ1n) is 21.4. The molecular weight excluding hydrogens is 612 g/mol. The Labute approximate surface area is 304 Å². The van der Waals surface area contributed by atoms with Crippen molar-refractivity contribution < 1.29 is 28.6 Å². The lowest BCUT2D eigenvalue weighted by Crippen LogP contribution is -2.30. The molecule has 0 radical (unpaired) electrons. The molecule has 290 valence electrons. The number of ether oxygens (including phenoxy) is 3. The van der Waals surface area contributed by atoms with Gasteiger partial charge >= 0.3 is 17.9 Å². The van der Waals surface area contributed by atoms with E-state index in [2.05, 4.69) is 27.7 Å². The normalized spacial score (nSPS) is 11.9. The fourth-order valence-electron chi connectivity index (χ4n) is 6.27. The Balaban J connectivity index is 4.26. The predicted octanol–water partition coefficient (Wildman–Crippen LogP) is 13.2. The van der Waals surface area contributed by atoms with Crippen molar-refractivity contribution in [3.8, 4) is 0 Å². The lowest BCUT2D eigenvalue weighted by Gasteiger charge is -2.18. The first-order chi connectivity index (χ1) is 23.9. The molecule has 0 aromatic rings. The Hall–Kier alpha value is -1.59. The number of hydrogen-bond donors (Lipinski definition) is 0. The zero-order valence-electron chi connectivity index (χ0n) is 33.1. The topological polar surface area (TPSA) is 78.9 Å². The zero-order valence-corrected chi connectivity index (χ0v) is 33.1. The summed E-state index contributed by atoms with van der Waals surface area (Å²) in [5.41, 5.74) is 0. The van der Waals surface area contributed by atoms with Crippen LogP contribution in [0.1, 0.15) is 233 Å². The van der Waals surface area contributed by atoms with Crippen LogP contribution in [0.2, 0.25) is 0 Å². The number of carbonyl (C=O) groups excluding carboxylic acids is 3. The average molecular weight is 695 g/mol. The van der Waals surface area contributed by atoms with E-state index in [1.807, 2.05) is 0 Å². The molecule has 0 aromatic heterocycles. The standard InChI is InChI=1S/C43H82O6/c1-5-7-9-11-13-14-15-19-23-26-30-34-41(44)47-37-40(49-43(46)36-32-28-21-12-10-8-6-2)38-48-42(45)35-31-27-24-20-17-16-18-22-25-29-33-39(3)4/h39-40H,5-38H2,1-4H3/t40-/m1/s1. The molecule has 0 saturated carbocycles. The SMILES string of the molecule is CCCCCCCCCCCCCC(=O)OC[C@H](COC(=O)CCCCCCCCCCCCC(C)C)OC(=O)CCCCCCCCC. The molecule has 0 spiro atoms. The Morgan fingerprint density at radius 2 is 0.673 bits per heavy atom. The van der Waals surface area contributed by atoms with Crippen molar-refractivity contribution in [1.82, 2.24) is 0 Å². The van der Waals surface area contributed by atoms with E-state index in [0.29, 0.717) is 19.3 Å². The van der Waals surface area contributed by atoms with Gasteiger partial charge in [0.1, 0.15) is 13.2 Å². The Morgan fingerprint density at radius 1 is 0.388 bits per heavy atom. The van der Waals surface area contributed by atoms with E-state index in [-0.39, 0.29) is 31.1 Å². The summed E-state index contributed by atoms with van der Waals surface area (Å²) in [6.07, 6.45) is 35.2. The number of carbonyl (C=O) groups is 3. The quantitative estimate of drug-likeness (QED) is 0.0364. The van der Waals surface area contributed by atoms with Gasteiger partial charge in [-0.1, -0.05) is 195 Å². The first-order valence-corrected chi connectivity index (χ1v) is 21.4. The molecule has 0 aromatic carbocycles. The van der Waals surface area contributed by atoms with E-state index in [0.717, 1.165) is 63.7 Å². The molecule has 6 nitrogen and oxygen atoms in total. The molecule has 0 amide bonds. The van der Waals surface area contributed by atoms with E-state index in [1.165, 1.54) is 128 Å². The molecule has 0 N–H and O–H groups in total. The molecule has 6 heteroatoms. The maximum Gasteiger partial charge on any atom is 0.306 e. The third kappa shape index (κ3) is 37.5. The minimum absolute atomic E-state index is 0.0649. The molecule has 0 aliphatic rings. The summed E-state index contributed by atoms with van der Waals surface area (Å²) in [5, 5.41) is 0. The Bertz CT molecular complexity index is 736. The number of esters is 3. The second-order valence-electron chi connectivity index (χ2n) is 15.1. The van der Waals surface area contributed by atoms with Gasteiger partial charge in [0.05, 0.1) is 0 Å². The van der Waals surface area contributed by atoms with Gasteiger partial charge in [0.15, 0.2) is 6.10 Å². The summed E-state index contributed by atoms with van der Waals surface area (Å²) in [4.78, 5) is 37.4. The molecule has 0 unspecified atom stereocenters. The third-order valence-corrected chi connectivity index (χ3v) is 9.54. The highest BCUT2D eigenvalue weighted by Gasteiger charge is 2.19. The summed E-state index contributed by atoms with van der Waals surface area (Å²) in [7, 11) is 0. The van der Waals surface area contributed by atoms with Gasteiger partial charge in [0.25, 0.3) is 0 Å². The third-order valence-electron chi connectivity index (χ3n) is 9.54. The van der Waals surface area contributed by atoms with Crippen LogP contribution in [0.4, 0.5) is 0 Å². The molecule has 0 bridgehead atoms. The minimum atomic E-state index is -0.757. The second-order valence-corrected chi connectivity index (χ2v) is 15.1. The molecule has 0 rings (SSSR count). The zero-order chi connectivity index (χ0) is 36.0. The Kier molecular flexibility index (Phi) is 36.4. The summed E-state index contributed by atoms with van der Waals surface area (Å²) < 4.78 is 16.6. The Morgan fingerprint density at radius 3 is 1.00 bits per heavy atom. The van der Waals surface area contributed by atoms with Gasteiger partial charge < -0.3 is 14.2 Å². The van der Waals surface area contributed by atoms with E-state index < -0.39 is 6.10 Å². The van der Waals surface area contributed by atoms with Gasteiger partial charge in [-0.2, -0.15) is 0 Å². The van der Waals surface area contributed by atoms with Crippen LogP contribution in [0, 0.1) is 5.92 Å². The summed E-state index contributed by atoms with van der Waals surface area (Å²) >= 11 is 0. The smallest absolute Gasteiger partial charge is 0.306 e. The van der Waals surface area contributed by atoms with Crippen molar-refractivity contribution in [3.05, 3.63) is 0 Å². The van der Waals surface area contributed by atoms with Crippen molar-refractivity contribution in [3.63, 3.8) is 0 Å². The molecule has 0 aliphatic heterocycles. The maximum absolute atomic E-state index is 12.6. The van der Waals surface area contributed by atoms with Crippen molar-refractivity contribution in [2.24, 2.45) is 5.92 Å². The van der Waals surface area contributed by atoms with Gasteiger partial charge in [-0.05, 0) is 25.2 Å². The van der Waals surface area contributed by atoms with E-state index in [1.54, 1.807) is 0 Å². The fourth-order valence-corrected chi connectivity index (χ4v) is 6.27. The van der Waals surface area contributed by atoms with Crippen LogP contribution in [0.5, 0.6) is 0 Å². The highest BCUT2D eigenvalue weighted by molar-refractivity contribution is 5.71. The van der Waals surface area contributed by atoms with Crippen LogP contribution in [0.25, 0.3) is 0 Å². The van der Waals surface area contributed by atoms with Gasteiger partial charge in [-0.25, -0.2) is 0 Å². The molecule has 0 saturated heterocycles. The predicted molar refractivity (Wildman–Crippen MR) is 206 cm³/mol. The second kappa shape index (κ2) is 37.7. The van der Waals surface area contributed by atoms with Crippen LogP contribution in [0.3, 0.4) is 0 Å². The van der Waals surface area contributed by atoms with Crippen LogP contribution in [0.15, 0.2) is 0 Å². The van der Waals surface area contributed by atoms with Crippen LogP contribution >= 0.6 is 0 Å². The van der Waals surface area contributed by atoms with E-state index >= 15 is 0 Å². The van der Waals surface area contributed by atoms with Crippen molar-refractivity contribution in [2.45, 2.75) is 239 Å². The summed E-state index contributed by atoms with van der Waals surface area (Å²) in [6, 6.07) is 0. The number of rotatable bonds is 38. The van der Waals surface area contributed by atoms with E-state index in [4.69, 9.17) is 14.2 Å². The maximum atomic E-state index is 12.6. The van der Waals surface area contributed by atoms with Crippen LogP contribution in [-0.4, -0.2) is 37.2 Å². The lowest BCUT2D eigenvalue weighted by molar-refractivity contribution is -0.167. The minimum Gasteiger partial charge on any atom is -0.462 e. The first kappa shape index (κ1) is 47.4. The van der Waals surface area contributed by atoms with Crippen molar-refractivity contribution >= 4 is 17.9 Å². The van der Waals surface area contributed by atoms with Gasteiger partial charge in [-0.3, -0.25) is 14.4 Å². The summed E-state index contributed by atoms with van der Waals surface area (Å²) in [5.74, 6) is -0.0471. The summed E-state index contributed by atoms with van der Waals surface area (Å²) in [6.45, 7) is 8.92. The van der Waals surface area contributed by atoms with Crippen molar-refractivity contribution in [1.29, 1.82) is 0 Å². The average Bonchev–Trinajstić information content (AvgIpc) is 3.08. The molecule has 0 aliphatic carbocycles. The number of hydrogen-bond acceptors (Lipinski definition) is 6. The molecule has 0 heterocycles. The molecular formula is C43H82O6. The van der Waals surface area contributed by atoms with Crippen molar-refractivity contribution in [2.75, 3.05) is 13.2 Å².